The van der Waals surface area contributed by atoms with Crippen molar-refractivity contribution < 1.29 is 51.9 Å². The zero-order valence-corrected chi connectivity index (χ0v) is 39.6. The maximum atomic E-state index is 12.8. The van der Waals surface area contributed by atoms with E-state index in [1.165, 1.54) is 60.7 Å². The highest BCUT2D eigenvalue weighted by Gasteiger charge is 2.20. The number of anilines is 12. The zero-order valence-electron chi connectivity index (χ0n) is 36.4. The van der Waals surface area contributed by atoms with Crippen molar-refractivity contribution >= 4 is 122 Å². The molecule has 368 valence electrons. The van der Waals surface area contributed by atoms with E-state index in [1.807, 2.05) is 0 Å². The lowest BCUT2D eigenvalue weighted by atomic mass is 10.1. The van der Waals surface area contributed by atoms with E-state index < -0.39 is 50.3 Å². The molecule has 0 spiro atoms. The molecule has 24 nitrogen and oxygen atoms in total. The summed E-state index contributed by atoms with van der Waals surface area (Å²) in [5, 5.41) is 17.6. The van der Waals surface area contributed by atoms with Crippen molar-refractivity contribution in [2.45, 2.75) is 19.6 Å². The molecule has 8 rings (SSSR count). The summed E-state index contributed by atoms with van der Waals surface area (Å²) in [6.45, 7) is 0. The van der Waals surface area contributed by atoms with E-state index in [1.54, 1.807) is 60.7 Å². The molecule has 8 aromatic rings. The Hall–Kier alpha value is -8.48. The van der Waals surface area contributed by atoms with Crippen molar-refractivity contribution in [3.05, 3.63) is 157 Å². The van der Waals surface area contributed by atoms with E-state index in [-0.39, 0.29) is 68.0 Å². The molecule has 0 fully saturated rings. The largest absolute Gasteiger partial charge is 0.324 e. The topological polar surface area (TPSA) is 367 Å². The second-order valence-electron chi connectivity index (χ2n) is 14.9. The van der Waals surface area contributed by atoms with E-state index in [9.17, 15) is 51.9 Å². The van der Waals surface area contributed by atoms with Gasteiger partial charge in [-0.05, 0) is 108 Å². The number of hydrogen-bond acceptors (Lipinski definition) is 20. The zero-order chi connectivity index (χ0) is 51.3. The van der Waals surface area contributed by atoms with Gasteiger partial charge in [0.05, 0.1) is 9.79 Å². The SMILES string of the molecule is O=S(=O)(O)c1ccc(Nc2nc(Nc3ccccc3)nc(Nc3ccc(C=Cc4ccc(Nc5nc(Nc6ccccc6)nc(Nc6ccc(S(=O)(=O)O)cc6)n5)cc4S(=O)(=O)O)c(S(=O)(=O)O)c3)n2)cc1. The van der Waals surface area contributed by atoms with Crippen LogP contribution in [0.4, 0.5) is 69.8 Å². The van der Waals surface area contributed by atoms with Crippen LogP contribution >= 0.6 is 0 Å². The van der Waals surface area contributed by atoms with Crippen LogP contribution in [0, 0.1) is 0 Å². The van der Waals surface area contributed by atoms with E-state index in [4.69, 9.17) is 0 Å². The molecule has 0 aliphatic heterocycles. The van der Waals surface area contributed by atoms with Crippen LogP contribution in [-0.2, 0) is 40.5 Å². The van der Waals surface area contributed by atoms with Gasteiger partial charge in [-0.1, -0.05) is 60.7 Å². The first-order valence-corrected chi connectivity index (χ1v) is 26.2. The lowest BCUT2D eigenvalue weighted by molar-refractivity contribution is 0.480. The second-order valence-corrected chi connectivity index (χ2v) is 20.5. The Labute approximate surface area is 410 Å². The highest BCUT2D eigenvalue weighted by Crippen LogP contribution is 2.30. The molecule has 10 N–H and O–H groups in total. The van der Waals surface area contributed by atoms with Crippen molar-refractivity contribution in [2.24, 2.45) is 0 Å². The summed E-state index contributed by atoms with van der Waals surface area (Å²) in [7, 11) is -18.9. The first kappa shape index (κ1) is 49.9. The van der Waals surface area contributed by atoms with E-state index in [0.717, 1.165) is 36.4 Å². The third kappa shape index (κ3) is 13.2. The number of benzene rings is 6. The molecule has 28 heteroatoms. The van der Waals surface area contributed by atoms with E-state index in [0.29, 0.717) is 22.7 Å². The molecule has 0 saturated carbocycles. The summed E-state index contributed by atoms with van der Waals surface area (Å²) in [6.07, 6.45) is 2.39. The lowest BCUT2D eigenvalue weighted by Gasteiger charge is -2.13. The van der Waals surface area contributed by atoms with Crippen LogP contribution in [0.3, 0.4) is 0 Å². The fourth-order valence-electron chi connectivity index (χ4n) is 6.45. The molecule has 0 saturated heterocycles. The normalized spacial score (nSPS) is 12.0. The molecule has 0 amide bonds. The molecule has 0 atom stereocenters. The van der Waals surface area contributed by atoms with E-state index in [2.05, 4.69) is 61.8 Å². The maximum Gasteiger partial charge on any atom is 0.295 e. The molecule has 0 bridgehead atoms. The summed E-state index contributed by atoms with van der Waals surface area (Å²) >= 11 is 0. The molecule has 0 aliphatic carbocycles. The number of hydrogen-bond donors (Lipinski definition) is 10. The molecule has 72 heavy (non-hydrogen) atoms. The van der Waals surface area contributed by atoms with Gasteiger partial charge in [0.25, 0.3) is 40.5 Å². The summed E-state index contributed by atoms with van der Waals surface area (Å²) in [5.74, 6) is -0.327. The van der Waals surface area contributed by atoms with E-state index >= 15 is 0 Å². The molecule has 2 heterocycles. The smallest absolute Gasteiger partial charge is 0.295 e. The maximum absolute atomic E-state index is 12.8. The first-order valence-electron chi connectivity index (χ1n) is 20.4. The lowest BCUT2D eigenvalue weighted by Crippen LogP contribution is -2.08. The van der Waals surface area contributed by atoms with Crippen LogP contribution in [-0.4, -0.2) is 81.8 Å². The fraction of sp³-hybridized carbons (Fsp3) is 0. The minimum absolute atomic E-state index is 0.0188. The average Bonchev–Trinajstić information content (AvgIpc) is 3.31. The standard InChI is InChI=1S/C44H36N12O12S4/c57-69(58,59)35-21-17-31(18-22-35)47-41-51-39(45-29-7-3-1-4-8-29)53-43(55-41)49-33-15-13-27(37(25-33)71(63,64)65)11-12-28-14-16-34(26-38(28)72(66,67)68)50-44-54-40(46-30-9-5-2-6-10-30)52-42(56-44)48-32-19-23-36(24-20-32)70(60,61)62/h1-26H,(H,57,58,59)(H,60,61,62)(H,63,64,65)(H,66,67,68)(H3,45,47,49,51,53,55)(H3,46,48,50,52,54,56). The van der Waals surface area contributed by atoms with Gasteiger partial charge in [0.1, 0.15) is 9.79 Å². The van der Waals surface area contributed by atoms with Gasteiger partial charge in [-0.2, -0.15) is 63.6 Å². The molecule has 0 radical (unpaired) electrons. The minimum Gasteiger partial charge on any atom is -0.324 e. The quantitative estimate of drug-likeness (QED) is 0.0291. The van der Waals surface area contributed by atoms with Gasteiger partial charge in [0, 0.05) is 34.1 Å². The van der Waals surface area contributed by atoms with Crippen LogP contribution in [0.1, 0.15) is 11.1 Å². The van der Waals surface area contributed by atoms with Crippen molar-refractivity contribution in [2.75, 3.05) is 31.9 Å². The van der Waals surface area contributed by atoms with Gasteiger partial charge in [0.15, 0.2) is 0 Å². The van der Waals surface area contributed by atoms with Crippen LogP contribution < -0.4 is 31.9 Å². The molecular formula is C44H36N12O12S4. The Bertz CT molecular complexity index is 3560. The Morgan fingerprint density at radius 3 is 0.819 bits per heavy atom. The van der Waals surface area contributed by atoms with Gasteiger partial charge in [0.2, 0.25) is 35.7 Å². The molecular weight excluding hydrogens is 1020 g/mol. The highest BCUT2D eigenvalue weighted by atomic mass is 32.2. The molecule has 0 unspecified atom stereocenters. The Morgan fingerprint density at radius 2 is 0.556 bits per heavy atom. The Morgan fingerprint density at radius 1 is 0.306 bits per heavy atom. The predicted molar refractivity (Wildman–Crippen MR) is 266 cm³/mol. The second kappa shape index (κ2) is 20.5. The predicted octanol–water partition coefficient (Wildman–Crippen LogP) is 7.68. The Kier molecular flexibility index (Phi) is 14.2. The third-order valence-corrected chi connectivity index (χ3v) is 13.2. The number of nitrogens with one attached hydrogen (secondary N) is 6. The van der Waals surface area contributed by atoms with Gasteiger partial charge in [-0.3, -0.25) is 18.2 Å². The third-order valence-electron chi connectivity index (χ3n) is 9.68. The fourth-order valence-corrected chi connectivity index (χ4v) is 8.83. The van der Waals surface area contributed by atoms with Gasteiger partial charge >= 0.3 is 0 Å². The summed E-state index contributed by atoms with van der Waals surface area (Å²) in [5.41, 5.74) is 1.72. The van der Waals surface area contributed by atoms with Crippen molar-refractivity contribution in [1.29, 1.82) is 0 Å². The van der Waals surface area contributed by atoms with Crippen molar-refractivity contribution in [3.63, 3.8) is 0 Å². The molecule has 2 aromatic heterocycles. The number of para-hydroxylation sites is 2. The monoisotopic (exact) mass is 1050 g/mol. The van der Waals surface area contributed by atoms with Crippen molar-refractivity contribution in [3.8, 4) is 0 Å². The molecule has 6 aromatic carbocycles. The first-order chi connectivity index (χ1) is 34.1. The van der Waals surface area contributed by atoms with Crippen molar-refractivity contribution in [1.82, 2.24) is 29.9 Å². The summed E-state index contributed by atoms with van der Waals surface area (Å²) in [6, 6.07) is 35.2. The summed E-state index contributed by atoms with van der Waals surface area (Å²) in [4.78, 5) is 24.2. The number of aromatic nitrogens is 6. The van der Waals surface area contributed by atoms with Crippen LogP contribution in [0.2, 0.25) is 0 Å². The number of rotatable bonds is 18. The highest BCUT2D eigenvalue weighted by molar-refractivity contribution is 7.86. The minimum atomic E-state index is -4.97. The van der Waals surface area contributed by atoms with Gasteiger partial charge in [-0.15, -0.1) is 0 Å². The average molecular weight is 1050 g/mol. The van der Waals surface area contributed by atoms with Crippen LogP contribution in [0.25, 0.3) is 12.2 Å². The van der Waals surface area contributed by atoms with Gasteiger partial charge < -0.3 is 31.9 Å². The van der Waals surface area contributed by atoms with Crippen LogP contribution in [0.5, 0.6) is 0 Å². The molecule has 0 aliphatic rings. The Balaban J connectivity index is 1.07. The number of nitrogens with zero attached hydrogens (tertiary/aromatic N) is 6. The summed E-state index contributed by atoms with van der Waals surface area (Å²) < 4.78 is 137. The van der Waals surface area contributed by atoms with Crippen LogP contribution in [0.15, 0.2) is 165 Å². The van der Waals surface area contributed by atoms with Gasteiger partial charge in [-0.25, -0.2) is 0 Å².